The molecular formula is C20H24N2O5S. The second-order valence-corrected chi connectivity index (χ2v) is 8.00. The van der Waals surface area contributed by atoms with E-state index in [9.17, 15) is 18.0 Å². The highest BCUT2D eigenvalue weighted by Crippen LogP contribution is 2.16. The first-order valence-electron chi connectivity index (χ1n) is 8.83. The van der Waals surface area contributed by atoms with Gasteiger partial charge in [0.25, 0.3) is 0 Å². The van der Waals surface area contributed by atoms with Crippen LogP contribution in [0.2, 0.25) is 0 Å². The first-order valence-corrected chi connectivity index (χ1v) is 10.4. The van der Waals surface area contributed by atoms with Gasteiger partial charge in [-0.25, -0.2) is 13.6 Å². The first-order chi connectivity index (χ1) is 13.2. The second-order valence-electron chi connectivity index (χ2n) is 6.44. The van der Waals surface area contributed by atoms with E-state index in [-0.39, 0.29) is 22.6 Å². The van der Waals surface area contributed by atoms with Gasteiger partial charge in [0.05, 0.1) is 17.5 Å². The first kappa shape index (κ1) is 21.6. The Labute approximate surface area is 164 Å². The van der Waals surface area contributed by atoms with Crippen molar-refractivity contribution < 1.29 is 22.7 Å². The van der Waals surface area contributed by atoms with Crippen molar-refractivity contribution in [2.24, 2.45) is 5.14 Å². The SMILES string of the molecule is CC(=O)c1ccc(OCCCC(=O)N[C@@H](C)c2ccc(S(N)(=O)=O)cc2)cc1. The van der Waals surface area contributed by atoms with Crippen molar-refractivity contribution >= 4 is 21.7 Å². The molecule has 0 spiro atoms. The lowest BCUT2D eigenvalue weighted by molar-refractivity contribution is -0.121. The van der Waals surface area contributed by atoms with Gasteiger partial charge in [-0.3, -0.25) is 9.59 Å². The summed E-state index contributed by atoms with van der Waals surface area (Å²) in [4.78, 5) is 23.3. The van der Waals surface area contributed by atoms with E-state index in [0.717, 1.165) is 5.56 Å². The van der Waals surface area contributed by atoms with E-state index in [0.29, 0.717) is 30.8 Å². The van der Waals surface area contributed by atoms with Gasteiger partial charge in [-0.2, -0.15) is 0 Å². The van der Waals surface area contributed by atoms with E-state index < -0.39 is 10.0 Å². The van der Waals surface area contributed by atoms with E-state index in [4.69, 9.17) is 9.88 Å². The third-order valence-electron chi connectivity index (χ3n) is 4.16. The van der Waals surface area contributed by atoms with Gasteiger partial charge in [-0.15, -0.1) is 0 Å². The summed E-state index contributed by atoms with van der Waals surface area (Å²) in [6, 6.07) is 12.7. The Morgan fingerprint density at radius 2 is 1.68 bits per heavy atom. The van der Waals surface area contributed by atoms with Gasteiger partial charge in [0.1, 0.15) is 5.75 Å². The molecule has 0 bridgehead atoms. The molecule has 2 aromatic rings. The Morgan fingerprint density at radius 3 is 2.21 bits per heavy atom. The predicted molar refractivity (Wildman–Crippen MR) is 106 cm³/mol. The minimum absolute atomic E-state index is 0.00312. The highest BCUT2D eigenvalue weighted by molar-refractivity contribution is 7.89. The van der Waals surface area contributed by atoms with Crippen LogP contribution in [0, 0.1) is 0 Å². The zero-order chi connectivity index (χ0) is 20.7. The van der Waals surface area contributed by atoms with Crippen LogP contribution in [0.1, 0.15) is 48.7 Å². The monoisotopic (exact) mass is 404 g/mol. The molecular weight excluding hydrogens is 380 g/mol. The normalized spacial score (nSPS) is 12.2. The van der Waals surface area contributed by atoms with Crippen molar-refractivity contribution in [2.75, 3.05) is 6.61 Å². The Balaban J connectivity index is 1.75. The Morgan fingerprint density at radius 1 is 1.07 bits per heavy atom. The summed E-state index contributed by atoms with van der Waals surface area (Å²) in [7, 11) is -3.73. The Kier molecular flexibility index (Phi) is 7.31. The summed E-state index contributed by atoms with van der Waals surface area (Å²) in [5.41, 5.74) is 1.40. The van der Waals surface area contributed by atoms with E-state index in [1.54, 1.807) is 36.4 Å². The van der Waals surface area contributed by atoms with Crippen LogP contribution in [0.25, 0.3) is 0 Å². The third-order valence-corrected chi connectivity index (χ3v) is 5.09. The van der Waals surface area contributed by atoms with Gasteiger partial charge in [0.2, 0.25) is 15.9 Å². The molecule has 0 radical (unpaired) electrons. The van der Waals surface area contributed by atoms with Gasteiger partial charge in [0.15, 0.2) is 5.78 Å². The molecule has 3 N–H and O–H groups in total. The average molecular weight is 404 g/mol. The summed E-state index contributed by atoms with van der Waals surface area (Å²) >= 11 is 0. The molecule has 0 aromatic heterocycles. The Bertz CT molecular complexity index is 922. The van der Waals surface area contributed by atoms with Gasteiger partial charge < -0.3 is 10.1 Å². The molecule has 0 aliphatic heterocycles. The number of Topliss-reactive ketones (excluding diaryl/α,β-unsaturated/α-hetero) is 1. The van der Waals surface area contributed by atoms with Crippen molar-refractivity contribution in [1.29, 1.82) is 0 Å². The number of sulfonamides is 1. The van der Waals surface area contributed by atoms with Gasteiger partial charge in [-0.1, -0.05) is 12.1 Å². The van der Waals surface area contributed by atoms with Crippen LogP contribution >= 0.6 is 0 Å². The number of primary sulfonamides is 1. The second kappa shape index (κ2) is 9.48. The molecule has 1 amide bonds. The molecule has 28 heavy (non-hydrogen) atoms. The van der Waals surface area contributed by atoms with E-state index in [1.807, 2.05) is 6.92 Å². The summed E-state index contributed by atoms with van der Waals surface area (Å²) < 4.78 is 28.1. The van der Waals surface area contributed by atoms with Crippen molar-refractivity contribution in [3.63, 3.8) is 0 Å². The fraction of sp³-hybridized carbons (Fsp3) is 0.300. The van der Waals surface area contributed by atoms with Crippen LogP contribution in [0.15, 0.2) is 53.4 Å². The van der Waals surface area contributed by atoms with E-state index in [1.165, 1.54) is 19.1 Å². The van der Waals surface area contributed by atoms with Gasteiger partial charge >= 0.3 is 0 Å². The molecule has 0 aliphatic carbocycles. The molecule has 0 saturated heterocycles. The molecule has 0 heterocycles. The molecule has 2 rings (SSSR count). The number of rotatable bonds is 9. The van der Waals surface area contributed by atoms with Gasteiger partial charge in [-0.05, 0) is 62.2 Å². The third kappa shape index (κ3) is 6.47. The number of nitrogens with two attached hydrogens (primary N) is 1. The Hall–Kier alpha value is -2.71. The fourth-order valence-corrected chi connectivity index (χ4v) is 3.07. The zero-order valence-electron chi connectivity index (χ0n) is 15.8. The number of carbonyl (C=O) groups is 2. The maximum Gasteiger partial charge on any atom is 0.238 e. The molecule has 0 saturated carbocycles. The number of hydrogen-bond donors (Lipinski definition) is 2. The quantitative estimate of drug-likeness (QED) is 0.492. The highest BCUT2D eigenvalue weighted by Gasteiger charge is 2.12. The van der Waals surface area contributed by atoms with Crippen LogP contribution in [-0.2, 0) is 14.8 Å². The average Bonchev–Trinajstić information content (AvgIpc) is 2.65. The number of ether oxygens (including phenoxy) is 1. The van der Waals surface area contributed by atoms with Crippen LogP contribution in [0.5, 0.6) is 5.75 Å². The molecule has 2 aromatic carbocycles. The lowest BCUT2D eigenvalue weighted by Gasteiger charge is -2.15. The topological polar surface area (TPSA) is 116 Å². The smallest absolute Gasteiger partial charge is 0.238 e. The number of benzene rings is 2. The predicted octanol–water partition coefficient (Wildman–Crippen LogP) is 2.57. The summed E-state index contributed by atoms with van der Waals surface area (Å²) in [6.45, 7) is 3.70. The van der Waals surface area contributed by atoms with Crippen molar-refractivity contribution in [1.82, 2.24) is 5.32 Å². The summed E-state index contributed by atoms with van der Waals surface area (Å²) in [6.07, 6.45) is 0.836. The van der Waals surface area contributed by atoms with E-state index in [2.05, 4.69) is 5.32 Å². The molecule has 0 unspecified atom stereocenters. The molecule has 0 aliphatic rings. The molecule has 7 nitrogen and oxygen atoms in total. The number of carbonyl (C=O) groups excluding carboxylic acids is 2. The van der Waals surface area contributed by atoms with Crippen molar-refractivity contribution in [3.05, 3.63) is 59.7 Å². The number of amides is 1. The van der Waals surface area contributed by atoms with Crippen molar-refractivity contribution in [2.45, 2.75) is 37.6 Å². The fourth-order valence-electron chi connectivity index (χ4n) is 2.55. The summed E-state index contributed by atoms with van der Waals surface area (Å²) in [5.74, 6) is 0.518. The van der Waals surface area contributed by atoms with Crippen molar-refractivity contribution in [3.8, 4) is 5.75 Å². The van der Waals surface area contributed by atoms with E-state index >= 15 is 0 Å². The van der Waals surface area contributed by atoms with Gasteiger partial charge in [0, 0.05) is 12.0 Å². The van der Waals surface area contributed by atoms with Crippen LogP contribution in [-0.4, -0.2) is 26.7 Å². The molecule has 0 fully saturated rings. The molecule has 1 atom stereocenters. The highest BCUT2D eigenvalue weighted by atomic mass is 32.2. The zero-order valence-corrected chi connectivity index (χ0v) is 16.7. The standard InChI is InChI=1S/C20H24N2O5S/c1-14(16-7-11-19(12-8-16)28(21,25)26)22-20(24)4-3-13-27-18-9-5-17(6-10-18)15(2)23/h5-12,14H,3-4,13H2,1-2H3,(H,22,24)(H2,21,25,26)/t14-/m0/s1. The minimum Gasteiger partial charge on any atom is -0.494 e. The maximum absolute atomic E-state index is 12.1. The van der Waals surface area contributed by atoms with Crippen LogP contribution in [0.3, 0.4) is 0 Å². The lowest BCUT2D eigenvalue weighted by Crippen LogP contribution is -2.26. The minimum atomic E-state index is -3.73. The summed E-state index contributed by atoms with van der Waals surface area (Å²) in [5, 5.41) is 7.93. The molecule has 150 valence electrons. The van der Waals surface area contributed by atoms with Crippen LogP contribution < -0.4 is 15.2 Å². The number of ketones is 1. The molecule has 8 heteroatoms. The largest absolute Gasteiger partial charge is 0.494 e. The van der Waals surface area contributed by atoms with Crippen LogP contribution in [0.4, 0.5) is 0 Å². The lowest BCUT2D eigenvalue weighted by atomic mass is 10.1. The number of hydrogen-bond acceptors (Lipinski definition) is 5. The maximum atomic E-state index is 12.1. The number of nitrogens with one attached hydrogen (secondary N) is 1.